The molecule has 6 nitrogen and oxygen atoms in total. The van der Waals surface area contributed by atoms with Crippen LogP contribution in [0.4, 0.5) is 16.2 Å². The minimum absolute atomic E-state index is 0.0517. The van der Waals surface area contributed by atoms with E-state index in [4.69, 9.17) is 9.97 Å². The molecule has 0 radical (unpaired) electrons. The molecule has 1 aliphatic rings. The van der Waals surface area contributed by atoms with Gasteiger partial charge in [0.05, 0.1) is 11.4 Å². The molecule has 202 valence electrons. The number of benzene rings is 3. The van der Waals surface area contributed by atoms with Crippen molar-refractivity contribution < 1.29 is 9.18 Å². The number of amides is 1. The summed E-state index contributed by atoms with van der Waals surface area (Å²) < 4.78 is 14.8. The Bertz CT molecular complexity index is 1430. The molecule has 4 aromatic rings. The molecule has 1 saturated carbocycles. The molecule has 0 spiro atoms. The molecule has 3 aromatic carbocycles. The van der Waals surface area contributed by atoms with Gasteiger partial charge in [0.2, 0.25) is 11.9 Å². The predicted molar refractivity (Wildman–Crippen MR) is 156 cm³/mol. The van der Waals surface area contributed by atoms with E-state index in [1.165, 1.54) is 6.07 Å². The number of aromatic nitrogens is 2. The van der Waals surface area contributed by atoms with E-state index in [0.29, 0.717) is 23.0 Å². The fourth-order valence-corrected chi connectivity index (χ4v) is 5.36. The van der Waals surface area contributed by atoms with E-state index in [1.807, 2.05) is 86.6 Å². The van der Waals surface area contributed by atoms with Crippen LogP contribution in [0.3, 0.4) is 0 Å². The lowest BCUT2D eigenvalue weighted by Gasteiger charge is -2.30. The molecule has 7 heteroatoms. The van der Waals surface area contributed by atoms with Crippen LogP contribution in [0.25, 0.3) is 22.0 Å². The highest BCUT2D eigenvalue weighted by Crippen LogP contribution is 2.29. The lowest BCUT2D eigenvalue weighted by Crippen LogP contribution is -2.40. The van der Waals surface area contributed by atoms with Crippen LogP contribution in [-0.4, -0.2) is 42.6 Å². The molecule has 1 aromatic heterocycles. The Morgan fingerprint density at radius 3 is 2.41 bits per heavy atom. The lowest BCUT2D eigenvalue weighted by molar-refractivity contribution is -0.123. The van der Waals surface area contributed by atoms with Gasteiger partial charge in [-0.15, -0.1) is 0 Å². The highest BCUT2D eigenvalue weighted by atomic mass is 19.1. The zero-order chi connectivity index (χ0) is 27.4. The van der Waals surface area contributed by atoms with Crippen LogP contribution in [0.15, 0.2) is 72.8 Å². The smallest absolute Gasteiger partial charge is 0.227 e. The van der Waals surface area contributed by atoms with Crippen LogP contribution in [0.5, 0.6) is 0 Å². The molecule has 39 heavy (non-hydrogen) atoms. The van der Waals surface area contributed by atoms with Gasteiger partial charge < -0.3 is 15.5 Å². The molecule has 1 heterocycles. The van der Waals surface area contributed by atoms with Gasteiger partial charge >= 0.3 is 0 Å². The summed E-state index contributed by atoms with van der Waals surface area (Å²) in [5, 5.41) is 7.69. The Kier molecular flexibility index (Phi) is 8.05. The number of para-hydroxylation sites is 1. The first-order valence-corrected chi connectivity index (χ1v) is 13.7. The second-order valence-electron chi connectivity index (χ2n) is 10.7. The van der Waals surface area contributed by atoms with Crippen LogP contribution in [-0.2, 0) is 4.79 Å². The van der Waals surface area contributed by atoms with Crippen LogP contribution < -0.4 is 15.5 Å². The third-order valence-electron chi connectivity index (χ3n) is 7.72. The van der Waals surface area contributed by atoms with Gasteiger partial charge in [0.15, 0.2) is 0 Å². The first kappa shape index (κ1) is 26.6. The van der Waals surface area contributed by atoms with Crippen molar-refractivity contribution in [2.24, 2.45) is 5.92 Å². The number of anilines is 2. The first-order valence-electron chi connectivity index (χ1n) is 13.7. The number of fused-ring (bicyclic) bond motifs is 1. The zero-order valence-corrected chi connectivity index (χ0v) is 22.8. The van der Waals surface area contributed by atoms with E-state index in [9.17, 15) is 9.18 Å². The van der Waals surface area contributed by atoms with Gasteiger partial charge in [0.1, 0.15) is 11.6 Å². The van der Waals surface area contributed by atoms with Crippen molar-refractivity contribution in [3.63, 3.8) is 0 Å². The summed E-state index contributed by atoms with van der Waals surface area (Å²) in [5.41, 5.74) is 2.99. The topological polar surface area (TPSA) is 70.2 Å². The van der Waals surface area contributed by atoms with Crippen molar-refractivity contribution in [1.82, 2.24) is 15.3 Å². The zero-order valence-electron chi connectivity index (χ0n) is 22.8. The maximum Gasteiger partial charge on any atom is 0.227 e. The summed E-state index contributed by atoms with van der Waals surface area (Å²) in [7, 11) is 3.98. The van der Waals surface area contributed by atoms with E-state index >= 15 is 0 Å². The van der Waals surface area contributed by atoms with Gasteiger partial charge in [-0.25, -0.2) is 9.37 Å². The van der Waals surface area contributed by atoms with Crippen molar-refractivity contribution in [2.45, 2.75) is 44.6 Å². The molecular formula is C32H36FN5O. The van der Waals surface area contributed by atoms with E-state index < -0.39 is 5.92 Å². The summed E-state index contributed by atoms with van der Waals surface area (Å²) in [5.74, 6) is 1.27. The van der Waals surface area contributed by atoms with Gasteiger partial charge in [-0.3, -0.25) is 4.79 Å². The summed E-state index contributed by atoms with van der Waals surface area (Å²) in [4.78, 5) is 24.4. The van der Waals surface area contributed by atoms with Crippen molar-refractivity contribution in [3.8, 4) is 11.1 Å². The highest BCUT2D eigenvalue weighted by molar-refractivity contribution is 5.90. The van der Waals surface area contributed by atoms with Crippen LogP contribution >= 0.6 is 0 Å². The molecule has 0 bridgehead atoms. The van der Waals surface area contributed by atoms with Crippen LogP contribution in [0.2, 0.25) is 0 Å². The predicted octanol–water partition coefficient (Wildman–Crippen LogP) is 6.39. The number of hydrogen-bond donors (Lipinski definition) is 2. The molecule has 1 atom stereocenters. The number of nitrogens with one attached hydrogen (secondary N) is 2. The van der Waals surface area contributed by atoms with Gasteiger partial charge in [0.25, 0.3) is 0 Å². The number of halogens is 1. The SMILES string of the molecule is CC(C(=O)NC1CCC(CNc2nc(N(C)C)c3ccccc3n2)CC1)c1ccc(-c2ccccc2)c(F)c1. The molecule has 0 saturated heterocycles. The normalized spacial score (nSPS) is 17.9. The van der Waals surface area contributed by atoms with Gasteiger partial charge in [0, 0.05) is 37.6 Å². The minimum Gasteiger partial charge on any atom is -0.362 e. The third kappa shape index (κ3) is 6.19. The van der Waals surface area contributed by atoms with Crippen LogP contribution in [0, 0.1) is 11.7 Å². The van der Waals surface area contributed by atoms with Gasteiger partial charge in [-0.2, -0.15) is 4.98 Å². The summed E-state index contributed by atoms with van der Waals surface area (Å²) >= 11 is 0. The molecular weight excluding hydrogens is 489 g/mol. The fourth-order valence-electron chi connectivity index (χ4n) is 5.36. The molecule has 1 amide bonds. The Hall–Kier alpha value is -4.00. The van der Waals surface area contributed by atoms with Crippen molar-refractivity contribution >= 4 is 28.6 Å². The second-order valence-corrected chi connectivity index (χ2v) is 10.7. The standard InChI is InChI=1S/C32H36FN5O/c1-21(24-15-18-26(28(33)19-24)23-9-5-4-6-10-23)31(39)35-25-16-13-22(14-17-25)20-34-32-36-29-12-8-7-11-27(29)30(37-32)38(2)3/h4-12,15,18-19,21-22,25H,13-14,16-17,20H2,1-3H3,(H,35,39)(H,34,36,37). The Morgan fingerprint density at radius 1 is 0.974 bits per heavy atom. The van der Waals surface area contributed by atoms with Crippen molar-refractivity contribution in [2.75, 3.05) is 30.9 Å². The lowest BCUT2D eigenvalue weighted by atomic mass is 9.85. The second kappa shape index (κ2) is 11.8. The minimum atomic E-state index is -0.417. The Balaban J connectivity index is 1.13. The number of carbonyl (C=O) groups excluding carboxylic acids is 1. The molecule has 0 aliphatic heterocycles. The maximum absolute atomic E-state index is 14.8. The average Bonchev–Trinajstić information content (AvgIpc) is 2.96. The van der Waals surface area contributed by atoms with E-state index in [1.54, 1.807) is 6.07 Å². The Labute approximate surface area is 229 Å². The number of carbonyl (C=O) groups is 1. The number of nitrogens with zero attached hydrogens (tertiary/aromatic N) is 3. The molecule has 1 unspecified atom stereocenters. The monoisotopic (exact) mass is 525 g/mol. The first-order chi connectivity index (χ1) is 18.9. The molecule has 1 fully saturated rings. The highest BCUT2D eigenvalue weighted by Gasteiger charge is 2.25. The van der Waals surface area contributed by atoms with E-state index in [0.717, 1.165) is 54.5 Å². The summed E-state index contributed by atoms with van der Waals surface area (Å²) in [6.45, 7) is 2.64. The largest absolute Gasteiger partial charge is 0.362 e. The number of rotatable bonds is 8. The fraction of sp³-hybridized carbons (Fsp3) is 0.344. The van der Waals surface area contributed by atoms with Crippen molar-refractivity contribution in [3.05, 3.63) is 84.2 Å². The Morgan fingerprint density at radius 2 is 1.69 bits per heavy atom. The molecule has 5 rings (SSSR count). The summed E-state index contributed by atoms with van der Waals surface area (Å²) in [6.07, 6.45) is 3.88. The van der Waals surface area contributed by atoms with Gasteiger partial charge in [-0.05, 0) is 67.9 Å². The third-order valence-corrected chi connectivity index (χ3v) is 7.72. The van der Waals surface area contributed by atoms with Crippen LogP contribution in [0.1, 0.15) is 44.1 Å². The quantitative estimate of drug-likeness (QED) is 0.279. The molecule has 2 N–H and O–H groups in total. The van der Waals surface area contributed by atoms with E-state index in [-0.39, 0.29) is 17.8 Å². The summed E-state index contributed by atoms with van der Waals surface area (Å²) in [6, 6.07) is 22.8. The number of hydrogen-bond acceptors (Lipinski definition) is 5. The van der Waals surface area contributed by atoms with E-state index in [2.05, 4.69) is 10.6 Å². The molecule has 1 aliphatic carbocycles. The average molecular weight is 526 g/mol. The van der Waals surface area contributed by atoms with Gasteiger partial charge in [-0.1, -0.05) is 54.6 Å². The maximum atomic E-state index is 14.8. The van der Waals surface area contributed by atoms with Crippen molar-refractivity contribution in [1.29, 1.82) is 0 Å².